The normalized spacial score (nSPS) is 16.0. The smallest absolute Gasteiger partial charge is 0.324 e. The molecular weight excluding hydrogens is 780 g/mol. The molecule has 55 heavy (non-hydrogen) atoms. The lowest BCUT2D eigenvalue weighted by atomic mass is 10.0. The zero-order valence-electron chi connectivity index (χ0n) is 31.4. The van der Waals surface area contributed by atoms with Gasteiger partial charge in [-0.3, -0.25) is 25.1 Å². The number of unbranched alkanes of at least 4 members (excludes halogenated alkanes) is 2. The van der Waals surface area contributed by atoms with Crippen LogP contribution in [0.4, 0.5) is 42.3 Å². The number of benzene rings is 2. The van der Waals surface area contributed by atoms with Gasteiger partial charge >= 0.3 is 12.1 Å². The van der Waals surface area contributed by atoms with Gasteiger partial charge in [-0.05, 0) is 79.9 Å². The lowest BCUT2D eigenvalue weighted by Gasteiger charge is -2.37. The summed E-state index contributed by atoms with van der Waals surface area (Å²) in [5.41, 5.74) is 5.01. The number of nitrogens with zero attached hydrogens (tertiary/aromatic N) is 2. The molecule has 2 aliphatic heterocycles. The van der Waals surface area contributed by atoms with Crippen molar-refractivity contribution in [1.82, 2.24) is 4.90 Å². The second-order valence-corrected chi connectivity index (χ2v) is 16.9. The lowest BCUT2D eigenvalue weighted by molar-refractivity contribution is -0.924. The third-order valence-corrected chi connectivity index (χ3v) is 12.4. The highest BCUT2D eigenvalue weighted by Crippen LogP contribution is 2.43. The summed E-state index contributed by atoms with van der Waals surface area (Å²) >= 11 is 14.8. The van der Waals surface area contributed by atoms with Gasteiger partial charge in [0.1, 0.15) is 16.5 Å². The Labute approximate surface area is 340 Å². The minimum Gasteiger partial charge on any atom is -0.326 e. The number of quaternary nitrogens is 1. The number of carbonyl (C=O) groups excluding carboxylic acids is 4. The van der Waals surface area contributed by atoms with Gasteiger partial charge in [0.25, 0.3) is 0 Å². The molecule has 0 fully saturated rings. The van der Waals surface area contributed by atoms with Crippen molar-refractivity contribution in [2.24, 2.45) is 0 Å². The summed E-state index contributed by atoms with van der Waals surface area (Å²) in [6, 6.07) is 13.1. The number of nitrogens with one attached hydrogen (secondary N) is 6. The number of urea groups is 2. The average Bonchev–Trinajstić information content (AvgIpc) is 3.67. The maximum absolute atomic E-state index is 12.4. The first-order valence-electron chi connectivity index (χ1n) is 18.5. The third kappa shape index (κ3) is 11.7. The number of amides is 6. The Balaban J connectivity index is 0.000000211. The van der Waals surface area contributed by atoms with Gasteiger partial charge in [0, 0.05) is 51.4 Å². The number of carbonyl (C=O) groups is 4. The number of fused-ring (bicyclic) bond motifs is 2. The van der Waals surface area contributed by atoms with Gasteiger partial charge in [0.05, 0.1) is 36.4 Å². The van der Waals surface area contributed by atoms with Crippen LogP contribution in [0.5, 0.6) is 0 Å². The van der Waals surface area contributed by atoms with Crippen LogP contribution in [-0.2, 0) is 35.5 Å². The minimum atomic E-state index is -0.354. The van der Waals surface area contributed by atoms with Crippen molar-refractivity contribution >= 4 is 104 Å². The van der Waals surface area contributed by atoms with Crippen LogP contribution in [0.3, 0.4) is 0 Å². The van der Waals surface area contributed by atoms with Crippen LogP contribution in [0.15, 0.2) is 48.5 Å². The molecule has 0 saturated heterocycles. The molecule has 0 radical (unpaired) electrons. The molecule has 6 amide bonds. The first-order chi connectivity index (χ1) is 26.5. The summed E-state index contributed by atoms with van der Waals surface area (Å²) in [6.07, 6.45) is 7.82. The van der Waals surface area contributed by atoms with Crippen molar-refractivity contribution < 1.29 is 23.7 Å². The van der Waals surface area contributed by atoms with E-state index >= 15 is 0 Å². The molecule has 2 aromatic heterocycles. The van der Waals surface area contributed by atoms with Crippen molar-refractivity contribution in [2.75, 3.05) is 65.1 Å². The van der Waals surface area contributed by atoms with Gasteiger partial charge in [-0.1, -0.05) is 49.9 Å². The van der Waals surface area contributed by atoms with Crippen LogP contribution in [0.25, 0.3) is 0 Å². The van der Waals surface area contributed by atoms with Gasteiger partial charge in [-0.25, -0.2) is 9.59 Å². The van der Waals surface area contributed by atoms with Gasteiger partial charge in [-0.2, -0.15) is 0 Å². The molecule has 2 aliphatic rings. The first-order valence-corrected chi connectivity index (χ1v) is 20.9. The van der Waals surface area contributed by atoms with Crippen LogP contribution < -0.4 is 31.9 Å². The summed E-state index contributed by atoms with van der Waals surface area (Å²) in [7, 11) is 2.28. The maximum atomic E-state index is 12.4. The van der Waals surface area contributed by atoms with E-state index in [9.17, 15) is 19.2 Å². The van der Waals surface area contributed by atoms with Crippen molar-refractivity contribution in [2.45, 2.75) is 65.5 Å². The predicted octanol–water partition coefficient (Wildman–Crippen LogP) is 9.69. The third-order valence-electron chi connectivity index (χ3n) is 9.60. The minimum absolute atomic E-state index is 0.349. The molecule has 4 heterocycles. The molecule has 0 bridgehead atoms. The Bertz CT molecular complexity index is 1940. The molecule has 0 spiro atoms. The standard InChI is InChI=1S/C20H25ClN4O2S.C19H23ClN4O2S/c1-3-4-10-25(2)11-9-16-17(12-25)28-19(18(16)22-13-26)24-20(27)23-15-7-5-14(21)6-8-15;1-2-3-9-24-10-8-15-16(11-24)27-18(17(15)21-12-25)23-19(26)22-14-6-4-13(20)5-7-14/h5-8,13H,3-4,9-12H2,1-2H3,(H2-,22,23,24,26,27);4-7,12H,2-3,8-11H2,1H3,(H,21,25)(H2,22,23,26)/p+1. The number of likely N-dealkylation sites (N-methyl/N-ethyl adjacent to an activating group) is 1. The van der Waals surface area contributed by atoms with Crippen LogP contribution >= 0.6 is 45.9 Å². The number of thiophene rings is 2. The van der Waals surface area contributed by atoms with E-state index in [2.05, 4.69) is 57.7 Å². The highest BCUT2D eigenvalue weighted by atomic mass is 35.5. The molecule has 4 aromatic rings. The fourth-order valence-electron chi connectivity index (χ4n) is 6.67. The van der Waals surface area contributed by atoms with E-state index in [1.54, 1.807) is 59.9 Å². The molecule has 2 aromatic carbocycles. The molecule has 0 aliphatic carbocycles. The molecular formula is C39H49Cl2N8O4S2+. The molecule has 1 atom stereocenters. The number of hydrogen-bond acceptors (Lipinski definition) is 7. The van der Waals surface area contributed by atoms with Crippen LogP contribution in [0.2, 0.25) is 10.0 Å². The average molecular weight is 829 g/mol. The highest BCUT2D eigenvalue weighted by molar-refractivity contribution is 7.17. The Morgan fingerprint density at radius 2 is 1.25 bits per heavy atom. The summed E-state index contributed by atoms with van der Waals surface area (Å²) in [4.78, 5) is 51.9. The summed E-state index contributed by atoms with van der Waals surface area (Å²) in [5, 5.41) is 19.4. The van der Waals surface area contributed by atoms with E-state index in [0.29, 0.717) is 49.9 Å². The van der Waals surface area contributed by atoms with E-state index in [4.69, 9.17) is 23.2 Å². The number of hydrogen-bond donors (Lipinski definition) is 6. The Hall–Kier alpha value is -4.18. The van der Waals surface area contributed by atoms with Crippen molar-refractivity contribution in [3.63, 3.8) is 0 Å². The van der Waals surface area contributed by atoms with Crippen molar-refractivity contribution in [3.8, 4) is 0 Å². The largest absolute Gasteiger partial charge is 0.326 e. The Kier molecular flexibility index (Phi) is 15.4. The van der Waals surface area contributed by atoms with E-state index in [-0.39, 0.29) is 12.1 Å². The molecule has 12 nitrogen and oxygen atoms in total. The number of anilines is 6. The van der Waals surface area contributed by atoms with E-state index in [1.165, 1.54) is 46.8 Å². The zero-order valence-corrected chi connectivity index (χ0v) is 34.5. The summed E-state index contributed by atoms with van der Waals surface area (Å²) < 4.78 is 0.998. The summed E-state index contributed by atoms with van der Waals surface area (Å²) in [5.74, 6) is 0. The van der Waals surface area contributed by atoms with Crippen LogP contribution in [0.1, 0.15) is 60.4 Å². The Morgan fingerprint density at radius 3 is 1.76 bits per heavy atom. The van der Waals surface area contributed by atoms with E-state index in [1.807, 2.05) is 0 Å². The quantitative estimate of drug-likeness (QED) is 0.0554. The maximum Gasteiger partial charge on any atom is 0.324 e. The zero-order chi connectivity index (χ0) is 39.4. The topological polar surface area (TPSA) is 144 Å². The SMILES string of the molecule is CCCCN1CCc2c(sc(NC(=O)Nc3ccc(Cl)cc3)c2NC=O)C1.CCCC[N+]1(C)CCc2c(sc(NC(=O)Nc3ccc(Cl)cc3)c2NC=O)C1. The van der Waals surface area contributed by atoms with Gasteiger partial charge < -0.3 is 25.8 Å². The fourth-order valence-corrected chi connectivity index (χ4v) is 9.55. The molecule has 1 unspecified atom stereocenters. The second kappa shape index (κ2) is 20.1. The van der Waals surface area contributed by atoms with Gasteiger partial charge in [0.15, 0.2) is 0 Å². The lowest BCUT2D eigenvalue weighted by Crippen LogP contribution is -2.47. The molecule has 6 rings (SSSR count). The molecule has 294 valence electrons. The van der Waals surface area contributed by atoms with Crippen LogP contribution in [0, 0.1) is 0 Å². The van der Waals surface area contributed by atoms with E-state index in [0.717, 1.165) is 73.4 Å². The monoisotopic (exact) mass is 827 g/mol. The van der Waals surface area contributed by atoms with Crippen LogP contribution in [-0.4, -0.2) is 67.5 Å². The second-order valence-electron chi connectivity index (χ2n) is 13.8. The van der Waals surface area contributed by atoms with Gasteiger partial charge in [-0.15, -0.1) is 22.7 Å². The Morgan fingerprint density at radius 1 is 0.745 bits per heavy atom. The molecule has 6 N–H and O–H groups in total. The van der Waals surface area contributed by atoms with E-state index < -0.39 is 0 Å². The van der Waals surface area contributed by atoms with Crippen molar-refractivity contribution in [1.29, 1.82) is 0 Å². The number of rotatable bonds is 14. The molecule has 0 saturated carbocycles. The van der Waals surface area contributed by atoms with Gasteiger partial charge in [0.2, 0.25) is 12.8 Å². The number of halogens is 2. The van der Waals surface area contributed by atoms with Crippen molar-refractivity contribution in [3.05, 3.63) is 79.5 Å². The first kappa shape index (κ1) is 42.0. The fraction of sp³-hybridized carbons (Fsp3) is 0.385. The summed E-state index contributed by atoms with van der Waals surface area (Å²) in [6.45, 7) is 10.4. The molecule has 16 heteroatoms. The highest BCUT2D eigenvalue weighted by Gasteiger charge is 2.33. The predicted molar refractivity (Wildman–Crippen MR) is 228 cm³/mol.